The van der Waals surface area contributed by atoms with Crippen LogP contribution in [0.5, 0.6) is 5.88 Å². The molecule has 0 saturated carbocycles. The Balaban J connectivity index is 2.25. The Labute approximate surface area is 117 Å². The lowest BCUT2D eigenvalue weighted by Crippen LogP contribution is -2.09. The molecule has 1 aromatic carbocycles. The fraction of sp³-hybridized carbons (Fsp3) is 0.333. The molecule has 5 nitrogen and oxygen atoms in total. The van der Waals surface area contributed by atoms with Gasteiger partial charge >= 0.3 is 5.97 Å². The van der Waals surface area contributed by atoms with E-state index in [1.807, 2.05) is 6.07 Å². The third-order valence-corrected chi connectivity index (χ3v) is 3.08. The first-order chi connectivity index (χ1) is 9.61. The molecule has 20 heavy (non-hydrogen) atoms. The number of aromatic nitrogens is 2. The lowest BCUT2D eigenvalue weighted by atomic mass is 9.98. The third kappa shape index (κ3) is 3.17. The highest BCUT2D eigenvalue weighted by atomic mass is 16.5. The van der Waals surface area contributed by atoms with E-state index in [0.29, 0.717) is 11.4 Å². The zero-order chi connectivity index (χ0) is 14.5. The van der Waals surface area contributed by atoms with Crippen LogP contribution in [0.25, 0.3) is 0 Å². The van der Waals surface area contributed by atoms with E-state index < -0.39 is 5.97 Å². The van der Waals surface area contributed by atoms with Gasteiger partial charge in [0, 0.05) is 24.9 Å². The number of carbonyl (C=O) groups is 1. The fourth-order valence-corrected chi connectivity index (χ4v) is 2.13. The second-order valence-electron chi connectivity index (χ2n) is 4.61. The number of aromatic carboxylic acids is 1. The van der Waals surface area contributed by atoms with Gasteiger partial charge in [-0.25, -0.2) is 4.79 Å². The molecule has 0 unspecified atom stereocenters. The van der Waals surface area contributed by atoms with Crippen LogP contribution in [0.3, 0.4) is 0 Å². The summed E-state index contributed by atoms with van der Waals surface area (Å²) < 4.78 is 7.24. The summed E-state index contributed by atoms with van der Waals surface area (Å²) in [4.78, 5) is 11.3. The van der Waals surface area contributed by atoms with Gasteiger partial charge in [-0.3, -0.25) is 4.68 Å². The molecule has 1 N–H and O–H groups in total. The van der Waals surface area contributed by atoms with Crippen molar-refractivity contribution in [3.8, 4) is 5.88 Å². The first-order valence-electron chi connectivity index (χ1n) is 6.58. The number of aryl methyl sites for hydroxylation is 2. The summed E-state index contributed by atoms with van der Waals surface area (Å²) in [6.45, 7) is 2.28. The van der Waals surface area contributed by atoms with E-state index in [1.165, 1.54) is 0 Å². The van der Waals surface area contributed by atoms with Crippen LogP contribution < -0.4 is 4.74 Å². The molecule has 0 aliphatic rings. The monoisotopic (exact) mass is 274 g/mol. The van der Waals surface area contributed by atoms with Gasteiger partial charge in [0.05, 0.1) is 5.56 Å². The largest absolute Gasteiger partial charge is 0.478 e. The summed E-state index contributed by atoms with van der Waals surface area (Å²) >= 11 is 0. The van der Waals surface area contributed by atoms with Gasteiger partial charge < -0.3 is 9.84 Å². The van der Waals surface area contributed by atoms with Crippen molar-refractivity contribution in [1.82, 2.24) is 9.78 Å². The van der Waals surface area contributed by atoms with Gasteiger partial charge in [0.25, 0.3) is 0 Å². The Hall–Kier alpha value is -2.30. The molecule has 5 heteroatoms. The number of rotatable bonds is 6. The smallest absolute Gasteiger partial charge is 0.336 e. The lowest BCUT2D eigenvalue weighted by Gasteiger charge is -2.12. The second kappa shape index (κ2) is 6.23. The highest BCUT2D eigenvalue weighted by Crippen LogP contribution is 2.19. The summed E-state index contributed by atoms with van der Waals surface area (Å²) in [6, 6.07) is 7.09. The van der Waals surface area contributed by atoms with Crippen LogP contribution in [0.4, 0.5) is 0 Å². The minimum atomic E-state index is -0.928. The van der Waals surface area contributed by atoms with Crippen molar-refractivity contribution >= 4 is 5.97 Å². The molecule has 1 aromatic heterocycles. The zero-order valence-corrected chi connectivity index (χ0v) is 11.7. The molecular weight excluding hydrogens is 256 g/mol. The van der Waals surface area contributed by atoms with Crippen molar-refractivity contribution in [1.29, 1.82) is 0 Å². The van der Waals surface area contributed by atoms with Gasteiger partial charge in [-0.2, -0.15) is 0 Å². The maximum atomic E-state index is 11.3. The van der Waals surface area contributed by atoms with Crippen LogP contribution in [0.2, 0.25) is 0 Å². The van der Waals surface area contributed by atoms with Crippen LogP contribution in [0, 0.1) is 0 Å². The maximum Gasteiger partial charge on any atom is 0.336 e. The molecular formula is C15H18N2O3. The van der Waals surface area contributed by atoms with E-state index in [-0.39, 0.29) is 6.61 Å². The van der Waals surface area contributed by atoms with Crippen LogP contribution in [-0.2, 0) is 20.1 Å². The fourth-order valence-electron chi connectivity index (χ4n) is 2.13. The van der Waals surface area contributed by atoms with E-state index in [4.69, 9.17) is 4.74 Å². The van der Waals surface area contributed by atoms with E-state index in [0.717, 1.165) is 24.0 Å². The number of nitrogens with zero attached hydrogens (tertiary/aromatic N) is 2. The molecule has 0 aliphatic carbocycles. The molecule has 0 fully saturated rings. The molecule has 1 heterocycles. The minimum Gasteiger partial charge on any atom is -0.478 e. The van der Waals surface area contributed by atoms with Crippen molar-refractivity contribution in [2.45, 2.75) is 26.4 Å². The SMILES string of the molecule is CCCc1cccc(C(=O)O)c1COc1ccn(C)n1. The summed E-state index contributed by atoms with van der Waals surface area (Å²) in [5, 5.41) is 13.4. The highest BCUT2D eigenvalue weighted by molar-refractivity contribution is 5.89. The summed E-state index contributed by atoms with van der Waals surface area (Å²) in [6.07, 6.45) is 3.58. The Morgan fingerprint density at radius 3 is 2.80 bits per heavy atom. The normalized spacial score (nSPS) is 10.5. The third-order valence-electron chi connectivity index (χ3n) is 3.08. The molecule has 0 bridgehead atoms. The van der Waals surface area contributed by atoms with Crippen molar-refractivity contribution in [3.63, 3.8) is 0 Å². The van der Waals surface area contributed by atoms with Crippen LogP contribution in [-0.4, -0.2) is 20.9 Å². The molecule has 2 aromatic rings. The standard InChI is InChI=1S/C15H18N2O3/c1-3-5-11-6-4-7-12(15(18)19)13(11)10-20-14-8-9-17(2)16-14/h4,6-9H,3,5,10H2,1-2H3,(H,18,19). The van der Waals surface area contributed by atoms with Crippen molar-refractivity contribution < 1.29 is 14.6 Å². The van der Waals surface area contributed by atoms with Crippen molar-refractivity contribution in [2.75, 3.05) is 0 Å². The first-order valence-corrected chi connectivity index (χ1v) is 6.58. The number of carboxylic acids is 1. The van der Waals surface area contributed by atoms with Crippen LogP contribution >= 0.6 is 0 Å². The predicted molar refractivity (Wildman–Crippen MR) is 74.9 cm³/mol. The summed E-state index contributed by atoms with van der Waals surface area (Å²) in [5.74, 6) is -0.433. The summed E-state index contributed by atoms with van der Waals surface area (Å²) in [5.41, 5.74) is 2.04. The predicted octanol–water partition coefficient (Wildman–Crippen LogP) is 2.65. The quantitative estimate of drug-likeness (QED) is 0.879. The Morgan fingerprint density at radius 1 is 1.40 bits per heavy atom. The van der Waals surface area contributed by atoms with Gasteiger partial charge in [0.15, 0.2) is 0 Å². The number of benzene rings is 1. The molecule has 0 saturated heterocycles. The number of hydrogen-bond donors (Lipinski definition) is 1. The maximum absolute atomic E-state index is 11.3. The van der Waals surface area contributed by atoms with Gasteiger partial charge in [-0.05, 0) is 18.1 Å². The molecule has 0 aliphatic heterocycles. The van der Waals surface area contributed by atoms with Crippen LogP contribution in [0.1, 0.15) is 34.8 Å². The van der Waals surface area contributed by atoms with Crippen LogP contribution in [0.15, 0.2) is 30.5 Å². The molecule has 0 spiro atoms. The zero-order valence-electron chi connectivity index (χ0n) is 11.7. The molecule has 0 amide bonds. The van der Waals surface area contributed by atoms with E-state index in [9.17, 15) is 9.90 Å². The topological polar surface area (TPSA) is 64.3 Å². The van der Waals surface area contributed by atoms with E-state index >= 15 is 0 Å². The molecule has 106 valence electrons. The van der Waals surface area contributed by atoms with Gasteiger partial charge in [0.2, 0.25) is 5.88 Å². The molecule has 0 radical (unpaired) electrons. The van der Waals surface area contributed by atoms with Gasteiger partial charge in [-0.15, -0.1) is 5.10 Å². The van der Waals surface area contributed by atoms with E-state index in [1.54, 1.807) is 36.1 Å². The highest BCUT2D eigenvalue weighted by Gasteiger charge is 2.14. The van der Waals surface area contributed by atoms with Gasteiger partial charge in [-0.1, -0.05) is 25.5 Å². The summed E-state index contributed by atoms with van der Waals surface area (Å²) in [7, 11) is 1.81. The minimum absolute atomic E-state index is 0.217. The lowest BCUT2D eigenvalue weighted by molar-refractivity contribution is 0.0693. The Bertz CT molecular complexity index is 605. The number of hydrogen-bond acceptors (Lipinski definition) is 3. The molecule has 0 atom stereocenters. The number of ether oxygens (including phenoxy) is 1. The van der Waals surface area contributed by atoms with E-state index in [2.05, 4.69) is 12.0 Å². The molecule has 2 rings (SSSR count). The van der Waals surface area contributed by atoms with Crippen molar-refractivity contribution in [3.05, 3.63) is 47.2 Å². The Kier molecular flexibility index (Phi) is 4.40. The average Bonchev–Trinajstić information content (AvgIpc) is 2.83. The number of carboxylic acid groups (broad SMARTS) is 1. The van der Waals surface area contributed by atoms with Gasteiger partial charge in [0.1, 0.15) is 6.61 Å². The Morgan fingerprint density at radius 2 is 2.20 bits per heavy atom. The van der Waals surface area contributed by atoms with Crippen molar-refractivity contribution in [2.24, 2.45) is 7.05 Å². The second-order valence-corrected chi connectivity index (χ2v) is 4.61. The first kappa shape index (κ1) is 14.1. The average molecular weight is 274 g/mol.